The van der Waals surface area contributed by atoms with E-state index in [9.17, 15) is 5.11 Å². The van der Waals surface area contributed by atoms with E-state index in [-0.39, 0.29) is 19.3 Å². The molecule has 0 radical (unpaired) electrons. The first-order valence-electron chi connectivity index (χ1n) is 5.98. The van der Waals surface area contributed by atoms with Gasteiger partial charge in [-0.1, -0.05) is 17.7 Å². The van der Waals surface area contributed by atoms with E-state index in [1.807, 2.05) is 19.9 Å². The van der Waals surface area contributed by atoms with Crippen LogP contribution in [0.25, 0.3) is 0 Å². The molecule has 1 aromatic rings. The number of rotatable bonds is 7. The first kappa shape index (κ1) is 15.2. The van der Waals surface area contributed by atoms with Gasteiger partial charge in [-0.25, -0.2) is 0 Å². The van der Waals surface area contributed by atoms with Crippen LogP contribution in [0.1, 0.15) is 25.5 Å². The zero-order valence-corrected chi connectivity index (χ0v) is 11.5. The Labute approximate surface area is 113 Å². The molecule has 0 aromatic heterocycles. The summed E-state index contributed by atoms with van der Waals surface area (Å²) >= 11 is 6.07. The number of nitrogens with two attached hydrogens (primary N) is 1. The number of hydrogen-bond acceptors (Lipinski definition) is 4. The Hall–Kier alpha value is -0.810. The van der Waals surface area contributed by atoms with Crippen LogP contribution in [-0.2, 0) is 4.74 Å². The second kappa shape index (κ2) is 7.59. The molecule has 0 fully saturated rings. The van der Waals surface area contributed by atoms with Crippen LogP contribution >= 0.6 is 11.6 Å². The van der Waals surface area contributed by atoms with Crippen molar-refractivity contribution in [2.45, 2.75) is 26.0 Å². The summed E-state index contributed by atoms with van der Waals surface area (Å²) in [6, 6.07) is 5.33. The number of aliphatic hydroxyl groups excluding tert-OH is 1. The summed E-state index contributed by atoms with van der Waals surface area (Å²) in [7, 11) is 0. The van der Waals surface area contributed by atoms with Gasteiger partial charge in [0.25, 0.3) is 0 Å². The molecular formula is C13H20ClNO3. The van der Waals surface area contributed by atoms with E-state index < -0.39 is 6.10 Å². The van der Waals surface area contributed by atoms with E-state index in [0.717, 1.165) is 5.56 Å². The molecule has 0 bridgehead atoms. The average molecular weight is 274 g/mol. The molecule has 3 N–H and O–H groups in total. The minimum absolute atomic E-state index is 0.0694. The Morgan fingerprint density at radius 2 is 2.11 bits per heavy atom. The van der Waals surface area contributed by atoms with Crippen molar-refractivity contribution in [1.29, 1.82) is 0 Å². The van der Waals surface area contributed by atoms with Crippen molar-refractivity contribution in [1.82, 2.24) is 0 Å². The normalized spacial score (nSPS) is 14.3. The van der Waals surface area contributed by atoms with Crippen LogP contribution in [0.3, 0.4) is 0 Å². The van der Waals surface area contributed by atoms with Gasteiger partial charge < -0.3 is 20.3 Å². The molecule has 1 rings (SSSR count). The molecule has 0 spiro atoms. The van der Waals surface area contributed by atoms with E-state index in [1.54, 1.807) is 12.1 Å². The molecule has 2 atom stereocenters. The number of hydrogen-bond donors (Lipinski definition) is 2. The minimum atomic E-state index is -0.658. The first-order chi connectivity index (χ1) is 8.54. The van der Waals surface area contributed by atoms with Gasteiger partial charge in [0.2, 0.25) is 0 Å². The highest BCUT2D eigenvalue weighted by atomic mass is 35.5. The lowest BCUT2D eigenvalue weighted by Gasteiger charge is -2.14. The van der Waals surface area contributed by atoms with Gasteiger partial charge in [-0.2, -0.15) is 0 Å². The molecule has 0 aliphatic rings. The summed E-state index contributed by atoms with van der Waals surface area (Å²) in [5.74, 6) is 0.539. The number of benzene rings is 1. The highest BCUT2D eigenvalue weighted by Crippen LogP contribution is 2.27. The number of ether oxygens (including phenoxy) is 2. The molecule has 4 nitrogen and oxygen atoms in total. The van der Waals surface area contributed by atoms with E-state index >= 15 is 0 Å². The molecule has 5 heteroatoms. The van der Waals surface area contributed by atoms with Gasteiger partial charge in [-0.3, -0.25) is 0 Å². The SMILES string of the molecule is CCOCC(O)COc1ccc(C(C)N)cc1Cl. The standard InChI is InChI=1S/C13H20ClNO3/c1-3-17-7-11(16)8-18-13-5-4-10(9(2)15)6-12(13)14/h4-6,9,11,16H,3,7-8,15H2,1-2H3. The fraction of sp³-hybridized carbons (Fsp3) is 0.538. The monoisotopic (exact) mass is 273 g/mol. The third kappa shape index (κ3) is 4.82. The molecule has 0 saturated carbocycles. The topological polar surface area (TPSA) is 64.7 Å². The second-order valence-electron chi connectivity index (χ2n) is 4.10. The Morgan fingerprint density at radius 1 is 1.39 bits per heavy atom. The van der Waals surface area contributed by atoms with E-state index in [4.69, 9.17) is 26.8 Å². The molecule has 1 aromatic carbocycles. The number of aliphatic hydroxyl groups is 1. The summed E-state index contributed by atoms with van der Waals surface area (Å²) in [5, 5.41) is 10.1. The van der Waals surface area contributed by atoms with Crippen LogP contribution in [0.5, 0.6) is 5.75 Å². The Balaban J connectivity index is 2.52. The lowest BCUT2D eigenvalue weighted by Crippen LogP contribution is -2.23. The van der Waals surface area contributed by atoms with Crippen LogP contribution in [-0.4, -0.2) is 31.0 Å². The van der Waals surface area contributed by atoms with Crippen molar-refractivity contribution >= 4 is 11.6 Å². The Morgan fingerprint density at radius 3 is 2.67 bits per heavy atom. The van der Waals surface area contributed by atoms with Crippen molar-refractivity contribution in [2.75, 3.05) is 19.8 Å². The predicted molar refractivity (Wildman–Crippen MR) is 72.0 cm³/mol. The second-order valence-corrected chi connectivity index (χ2v) is 4.51. The molecule has 2 unspecified atom stereocenters. The van der Waals surface area contributed by atoms with Gasteiger partial charge in [0.1, 0.15) is 18.5 Å². The van der Waals surface area contributed by atoms with Gasteiger partial charge in [-0.15, -0.1) is 0 Å². The van der Waals surface area contributed by atoms with Crippen LogP contribution in [0, 0.1) is 0 Å². The van der Waals surface area contributed by atoms with Crippen LogP contribution in [0.4, 0.5) is 0 Å². The zero-order chi connectivity index (χ0) is 13.5. The van der Waals surface area contributed by atoms with Crippen LogP contribution in [0.2, 0.25) is 5.02 Å². The van der Waals surface area contributed by atoms with Gasteiger partial charge >= 0.3 is 0 Å². The molecule has 0 aliphatic carbocycles. The van der Waals surface area contributed by atoms with Crippen molar-refractivity contribution < 1.29 is 14.6 Å². The highest BCUT2D eigenvalue weighted by Gasteiger charge is 2.09. The highest BCUT2D eigenvalue weighted by molar-refractivity contribution is 6.32. The first-order valence-corrected chi connectivity index (χ1v) is 6.36. The van der Waals surface area contributed by atoms with Crippen molar-refractivity contribution in [3.63, 3.8) is 0 Å². The maximum absolute atomic E-state index is 9.56. The van der Waals surface area contributed by atoms with Crippen molar-refractivity contribution in [3.05, 3.63) is 28.8 Å². The summed E-state index contributed by atoms with van der Waals surface area (Å²) in [5.41, 5.74) is 6.70. The largest absolute Gasteiger partial charge is 0.489 e. The smallest absolute Gasteiger partial charge is 0.138 e. The van der Waals surface area contributed by atoms with Crippen LogP contribution in [0.15, 0.2) is 18.2 Å². The van der Waals surface area contributed by atoms with Crippen molar-refractivity contribution in [2.24, 2.45) is 5.73 Å². The van der Waals surface area contributed by atoms with E-state index in [1.165, 1.54) is 0 Å². The molecular weight excluding hydrogens is 254 g/mol. The maximum atomic E-state index is 9.56. The molecule has 0 heterocycles. The maximum Gasteiger partial charge on any atom is 0.138 e. The van der Waals surface area contributed by atoms with Gasteiger partial charge in [0.15, 0.2) is 0 Å². The van der Waals surface area contributed by atoms with Gasteiger partial charge in [0, 0.05) is 12.6 Å². The summed E-state index contributed by atoms with van der Waals surface area (Å²) in [6.45, 7) is 4.74. The predicted octanol–water partition coefficient (Wildman–Crippen LogP) is 2.14. The molecule has 0 aliphatic heterocycles. The quantitative estimate of drug-likeness (QED) is 0.799. The third-order valence-corrected chi connectivity index (χ3v) is 2.72. The minimum Gasteiger partial charge on any atom is -0.489 e. The molecule has 0 amide bonds. The lowest BCUT2D eigenvalue weighted by molar-refractivity contribution is 0.0164. The Bertz CT molecular complexity index is 371. The molecule has 0 saturated heterocycles. The van der Waals surface area contributed by atoms with E-state index in [0.29, 0.717) is 17.4 Å². The Kier molecular flexibility index (Phi) is 6.43. The third-order valence-electron chi connectivity index (χ3n) is 2.43. The molecule has 18 heavy (non-hydrogen) atoms. The zero-order valence-electron chi connectivity index (χ0n) is 10.7. The van der Waals surface area contributed by atoms with Crippen LogP contribution < -0.4 is 10.5 Å². The molecule has 102 valence electrons. The van der Waals surface area contributed by atoms with Gasteiger partial charge in [0.05, 0.1) is 11.6 Å². The summed E-state index contributed by atoms with van der Waals surface area (Å²) in [6.07, 6.45) is -0.658. The lowest BCUT2D eigenvalue weighted by atomic mass is 10.1. The van der Waals surface area contributed by atoms with Gasteiger partial charge in [-0.05, 0) is 31.5 Å². The fourth-order valence-electron chi connectivity index (χ4n) is 1.41. The summed E-state index contributed by atoms with van der Waals surface area (Å²) < 4.78 is 10.5. The average Bonchev–Trinajstić information content (AvgIpc) is 2.34. The van der Waals surface area contributed by atoms with Crippen molar-refractivity contribution in [3.8, 4) is 5.75 Å². The van der Waals surface area contributed by atoms with E-state index in [2.05, 4.69) is 0 Å². The number of halogens is 1. The fourth-order valence-corrected chi connectivity index (χ4v) is 1.65. The summed E-state index contributed by atoms with van der Waals surface area (Å²) in [4.78, 5) is 0.